The Bertz CT molecular complexity index is 2760. The number of aliphatic hydroxyl groups is 1. The SMILES string of the molecule is CCNC1C=C2C=CCC3C4CCCC(C)(CC5=CNC(N)C=C5)Cc5cccc6c5C(=O)C5(OC5(CC=C(C)CC5(C7=CCNC8=C7CCC(NC)N8)CCCNC(=NC)N5)C6=O)C(=O)OC(CCCO)C1C(CC4)C23. The van der Waals surface area contributed by atoms with Gasteiger partial charge in [0.2, 0.25) is 5.78 Å². The number of nitrogens with two attached hydrogens (primary N) is 1. The van der Waals surface area contributed by atoms with Gasteiger partial charge in [-0.15, -0.1) is 0 Å². The number of hydrogen-bond acceptors (Lipinski definition) is 13. The van der Waals surface area contributed by atoms with Gasteiger partial charge in [-0.2, -0.15) is 0 Å². The van der Waals surface area contributed by atoms with Crippen LogP contribution in [0.3, 0.4) is 0 Å². The maximum Gasteiger partial charge on any atom is 0.350 e. The van der Waals surface area contributed by atoms with E-state index in [0.29, 0.717) is 55.5 Å². The molecule has 3 fully saturated rings. The molecule has 10 N–H and O–H groups in total. The number of Topliss-reactive ketones (excluding diaryl/α,β-unsaturated/α-hetero) is 2. The summed E-state index contributed by atoms with van der Waals surface area (Å²) in [5.74, 6) is 1.53. The molecule has 1 spiro atoms. The lowest BCUT2D eigenvalue weighted by Crippen LogP contribution is -2.56. The third-order valence-electron chi connectivity index (χ3n) is 19.6. The number of nitrogens with one attached hydrogen (secondary N) is 7. The smallest absolute Gasteiger partial charge is 0.350 e. The van der Waals surface area contributed by atoms with Crippen LogP contribution in [0.2, 0.25) is 0 Å². The molecule has 12 rings (SSSR count). The van der Waals surface area contributed by atoms with E-state index >= 15 is 14.4 Å². The summed E-state index contributed by atoms with van der Waals surface area (Å²) in [6.45, 7) is 8.62. The molecule has 77 heavy (non-hydrogen) atoms. The second kappa shape index (κ2) is 21.7. The number of aliphatic imine (C=N–C) groups is 1. The van der Waals surface area contributed by atoms with Crippen LogP contribution in [-0.4, -0.2) is 110 Å². The molecule has 1 aromatic rings. The van der Waals surface area contributed by atoms with Crippen LogP contribution in [0, 0.1) is 35.0 Å². The van der Waals surface area contributed by atoms with Crippen molar-refractivity contribution in [3.05, 3.63) is 117 Å². The number of epoxide rings is 1. The number of rotatable bonds is 13. The Labute approximate surface area is 456 Å². The lowest BCUT2D eigenvalue weighted by atomic mass is 9.53. The zero-order valence-electron chi connectivity index (χ0n) is 46.2. The topological polar surface area (TPSA) is 216 Å². The predicted molar refractivity (Wildman–Crippen MR) is 300 cm³/mol. The van der Waals surface area contributed by atoms with E-state index in [1.807, 2.05) is 37.5 Å². The molecule has 1 saturated carbocycles. The second-order valence-corrected chi connectivity index (χ2v) is 24.5. The van der Waals surface area contributed by atoms with E-state index < -0.39 is 34.6 Å². The number of allylic oxidation sites excluding steroid dienone is 5. The monoisotopic (exact) mass is 1050 g/mol. The van der Waals surface area contributed by atoms with Gasteiger partial charge in [-0.25, -0.2) is 4.79 Å². The maximum atomic E-state index is 16.1. The van der Waals surface area contributed by atoms with Crippen LogP contribution < -0.4 is 43.0 Å². The molecule has 414 valence electrons. The molecule has 13 atom stereocenters. The van der Waals surface area contributed by atoms with Gasteiger partial charge in [0.15, 0.2) is 17.3 Å². The maximum absolute atomic E-state index is 16.1. The van der Waals surface area contributed by atoms with E-state index in [0.717, 1.165) is 112 Å². The van der Waals surface area contributed by atoms with Gasteiger partial charge in [-0.3, -0.25) is 14.6 Å². The highest BCUT2D eigenvalue weighted by Gasteiger charge is 2.85. The average Bonchev–Trinajstić information content (AvgIpc) is 4.34. The van der Waals surface area contributed by atoms with Gasteiger partial charge in [0.25, 0.3) is 5.60 Å². The predicted octanol–water partition coefficient (Wildman–Crippen LogP) is 6.56. The standard InChI is InChI=1S/C62H85N9O6/c1-6-66-47-32-40-12-7-15-42-39-14-9-26-59(3,34-38-18-22-49(63)69-36-38)35-41-13-8-16-45-52(41)55(74)62(57(75)76-48(17-10-31-72)53(47)44(20-19-39)51(40)42)61(77-62,54(45)73)28-24-37(2)33-60(27-11-29-68-58(65-5)71-60)46-25-30-67-56-43(46)21-23-50(64-4)70-56/h7-8,12-13,16,18,22,24-25,32,36,39,42,44,47-51,53,64,66-67,69-70,72H,6,9-11,14-15,17,19-21,23,26-31,33-35,63H2,1-5H3,(H2,65,68,71). The number of ether oxygens (including phenoxy) is 2. The van der Waals surface area contributed by atoms with Crippen molar-refractivity contribution in [1.82, 2.24) is 37.2 Å². The van der Waals surface area contributed by atoms with E-state index in [9.17, 15) is 5.11 Å². The van der Waals surface area contributed by atoms with Crippen molar-refractivity contribution >= 4 is 23.5 Å². The van der Waals surface area contributed by atoms with E-state index in [-0.39, 0.29) is 60.0 Å². The van der Waals surface area contributed by atoms with Crippen LogP contribution >= 0.6 is 0 Å². The molecule has 1 aromatic carbocycles. The molecule has 2 saturated heterocycles. The lowest BCUT2D eigenvalue weighted by molar-refractivity contribution is -0.160. The van der Waals surface area contributed by atoms with Crippen LogP contribution in [0.25, 0.3) is 0 Å². The van der Waals surface area contributed by atoms with Gasteiger partial charge in [-0.1, -0.05) is 86.9 Å². The fourth-order valence-corrected chi connectivity index (χ4v) is 16.1. The number of benzene rings is 1. The van der Waals surface area contributed by atoms with Gasteiger partial charge in [0.05, 0.1) is 17.9 Å². The first kappa shape index (κ1) is 53.7. The number of dihydropyridines is 2. The minimum atomic E-state index is -2.20. The van der Waals surface area contributed by atoms with Gasteiger partial charge in [-0.05, 0) is 167 Å². The summed E-state index contributed by atoms with van der Waals surface area (Å²) in [5.41, 5.74) is 8.64. The Morgan fingerprint density at radius 2 is 1.92 bits per heavy atom. The Kier molecular flexibility index (Phi) is 15.1. The number of esters is 1. The molecule has 0 aromatic heterocycles. The second-order valence-electron chi connectivity index (χ2n) is 24.5. The third kappa shape index (κ3) is 9.67. The van der Waals surface area contributed by atoms with E-state index in [1.54, 1.807) is 13.1 Å². The largest absolute Gasteiger partial charge is 0.459 e. The molecular formula is C62H85N9O6. The number of carbonyl (C=O) groups excluding carboxylic acids is 3. The van der Waals surface area contributed by atoms with Crippen molar-refractivity contribution in [3.63, 3.8) is 0 Å². The fourth-order valence-electron chi connectivity index (χ4n) is 16.1. The Hall–Kier alpha value is -5.32. The first-order valence-corrected chi connectivity index (χ1v) is 29.3. The van der Waals surface area contributed by atoms with Gasteiger partial charge >= 0.3 is 5.97 Å². The highest BCUT2D eigenvalue weighted by Crippen LogP contribution is 2.61. The first-order valence-electron chi connectivity index (χ1n) is 29.3. The zero-order valence-corrected chi connectivity index (χ0v) is 46.2. The average molecular weight is 1050 g/mol. The third-order valence-corrected chi connectivity index (χ3v) is 19.6. The van der Waals surface area contributed by atoms with Crippen LogP contribution in [-0.2, 0) is 20.7 Å². The molecule has 0 amide bonds. The van der Waals surface area contributed by atoms with Crippen molar-refractivity contribution in [2.45, 2.75) is 165 Å². The van der Waals surface area contributed by atoms with Crippen LogP contribution in [0.5, 0.6) is 0 Å². The van der Waals surface area contributed by atoms with Crippen LogP contribution in [0.15, 0.2) is 106 Å². The zero-order chi connectivity index (χ0) is 53.7. The highest BCUT2D eigenvalue weighted by atomic mass is 16.7. The Balaban J connectivity index is 1.01. The molecule has 13 unspecified atom stereocenters. The number of aliphatic hydroxyl groups excluding tert-OH is 1. The number of likely N-dealkylation sites (N-methyl/N-ethyl adjacent to an activating group) is 1. The normalized spacial score (nSPS) is 38.0. The minimum Gasteiger partial charge on any atom is -0.459 e. The van der Waals surface area contributed by atoms with Gasteiger partial charge < -0.3 is 57.5 Å². The summed E-state index contributed by atoms with van der Waals surface area (Å²) in [7, 11) is 3.78. The summed E-state index contributed by atoms with van der Waals surface area (Å²) in [5, 5.41) is 35.6. The summed E-state index contributed by atoms with van der Waals surface area (Å²) >= 11 is 0. The molecule has 7 heterocycles. The summed E-state index contributed by atoms with van der Waals surface area (Å²) in [4.78, 5) is 52.5. The van der Waals surface area contributed by atoms with E-state index in [4.69, 9.17) is 15.2 Å². The first-order chi connectivity index (χ1) is 37.3. The molecular weight excluding hydrogens is 967 g/mol. The van der Waals surface area contributed by atoms with Crippen molar-refractivity contribution in [2.75, 3.05) is 40.3 Å². The lowest BCUT2D eigenvalue weighted by Gasteiger charge is -2.53. The molecule has 6 bridgehead atoms. The number of ketones is 2. The quantitative estimate of drug-likeness (QED) is 0.0443. The molecule has 4 aliphatic carbocycles. The van der Waals surface area contributed by atoms with Crippen molar-refractivity contribution in [1.29, 1.82) is 0 Å². The number of carbonyl (C=O) groups is 3. The molecule has 15 heteroatoms. The minimum absolute atomic E-state index is 0.00940. The van der Waals surface area contributed by atoms with Gasteiger partial charge in [0, 0.05) is 62.5 Å². The van der Waals surface area contributed by atoms with Crippen molar-refractivity contribution in [2.24, 2.45) is 45.7 Å². The van der Waals surface area contributed by atoms with Crippen molar-refractivity contribution < 1.29 is 29.0 Å². The Morgan fingerprint density at radius 3 is 2.71 bits per heavy atom. The number of nitrogens with zero attached hydrogens (tertiary/aromatic N) is 1. The van der Waals surface area contributed by atoms with Gasteiger partial charge in [0.1, 0.15) is 11.9 Å². The summed E-state index contributed by atoms with van der Waals surface area (Å²) < 4.78 is 13.8. The highest BCUT2D eigenvalue weighted by molar-refractivity contribution is 6.33. The van der Waals surface area contributed by atoms with E-state index in [1.165, 1.54) is 16.7 Å². The molecule has 15 nitrogen and oxygen atoms in total. The van der Waals surface area contributed by atoms with E-state index in [2.05, 4.69) is 93.4 Å². The molecule has 0 radical (unpaired) electrons. The molecule has 11 aliphatic rings. The number of guanidine groups is 1. The number of fused-ring (bicyclic) bond motifs is 7. The van der Waals surface area contributed by atoms with Crippen LogP contribution in [0.4, 0.5) is 0 Å². The number of hydrogen-bond donors (Lipinski definition) is 9. The van der Waals surface area contributed by atoms with Crippen LogP contribution in [0.1, 0.15) is 143 Å². The summed E-state index contributed by atoms with van der Waals surface area (Å²) in [6, 6.07) is 5.53. The van der Waals surface area contributed by atoms with Crippen molar-refractivity contribution in [3.8, 4) is 0 Å². The Morgan fingerprint density at radius 1 is 1.05 bits per heavy atom. The fraction of sp³-hybridized carbons (Fsp3) is 0.613. The summed E-state index contributed by atoms with van der Waals surface area (Å²) in [6.07, 6.45) is 29.2. The molecule has 7 aliphatic heterocycles.